The molecule has 0 unspecified atom stereocenters. The molecule has 5 heteroatoms. The van der Waals surface area contributed by atoms with E-state index in [0.29, 0.717) is 18.4 Å². The van der Waals surface area contributed by atoms with Crippen molar-refractivity contribution >= 4 is 29.0 Å². The predicted octanol–water partition coefficient (Wildman–Crippen LogP) is 4.12. The summed E-state index contributed by atoms with van der Waals surface area (Å²) in [6, 6.07) is 7.18. The Balaban J connectivity index is 1.68. The summed E-state index contributed by atoms with van der Waals surface area (Å²) in [5.74, 6) is 0.298. The zero-order valence-electron chi connectivity index (χ0n) is 13.4. The van der Waals surface area contributed by atoms with Gasteiger partial charge < -0.3 is 4.90 Å². The number of rotatable bonds is 2. The number of aromatic nitrogens is 1. The van der Waals surface area contributed by atoms with E-state index in [1.54, 1.807) is 23.1 Å². The van der Waals surface area contributed by atoms with Crippen molar-refractivity contribution < 1.29 is 4.79 Å². The first-order valence-corrected chi connectivity index (χ1v) is 9.74. The van der Waals surface area contributed by atoms with E-state index in [0.717, 1.165) is 23.6 Å². The van der Waals surface area contributed by atoms with Gasteiger partial charge in [-0.3, -0.25) is 4.79 Å². The number of benzene rings is 1. The van der Waals surface area contributed by atoms with E-state index in [4.69, 9.17) is 0 Å². The van der Waals surface area contributed by atoms with Crippen LogP contribution in [0.15, 0.2) is 39.0 Å². The van der Waals surface area contributed by atoms with Crippen LogP contribution < -0.4 is 0 Å². The highest BCUT2D eigenvalue weighted by atomic mass is 32.2. The molecule has 1 aliphatic heterocycles. The fourth-order valence-electron chi connectivity index (χ4n) is 4.19. The zero-order valence-corrected chi connectivity index (χ0v) is 15.0. The number of amides is 1. The lowest BCUT2D eigenvalue weighted by molar-refractivity contribution is -0.138. The second-order valence-electron chi connectivity index (χ2n) is 6.70. The molecule has 1 saturated heterocycles. The molecular weight excluding hydrogens is 324 g/mol. The van der Waals surface area contributed by atoms with Crippen molar-refractivity contribution in [1.29, 1.82) is 0 Å². The largest absolute Gasteiger partial charge is 0.342 e. The second-order valence-corrected chi connectivity index (χ2v) is 8.91. The van der Waals surface area contributed by atoms with Crippen LogP contribution in [0.1, 0.15) is 37.3 Å². The van der Waals surface area contributed by atoms with Crippen molar-refractivity contribution in [3.63, 3.8) is 0 Å². The van der Waals surface area contributed by atoms with Crippen molar-refractivity contribution in [2.45, 2.75) is 53.3 Å². The van der Waals surface area contributed by atoms with Crippen molar-refractivity contribution in [1.82, 2.24) is 9.88 Å². The minimum atomic E-state index is 0.0978. The number of aryl methyl sites for hydroxylation is 1. The van der Waals surface area contributed by atoms with Gasteiger partial charge in [0.05, 0.1) is 0 Å². The van der Waals surface area contributed by atoms with Gasteiger partial charge in [-0.25, -0.2) is 4.98 Å². The lowest BCUT2D eigenvalue weighted by atomic mass is 9.63. The molecule has 0 N–H and O–H groups in total. The van der Waals surface area contributed by atoms with Crippen LogP contribution in [-0.4, -0.2) is 28.9 Å². The third-order valence-corrected chi connectivity index (χ3v) is 7.32. The van der Waals surface area contributed by atoms with E-state index < -0.39 is 0 Å². The molecule has 2 aliphatic rings. The predicted molar refractivity (Wildman–Crippen MR) is 94.1 cm³/mol. The highest BCUT2D eigenvalue weighted by molar-refractivity contribution is 8.01. The average molecular weight is 345 g/mol. The summed E-state index contributed by atoms with van der Waals surface area (Å²) >= 11 is 3.42. The van der Waals surface area contributed by atoms with Gasteiger partial charge in [-0.05, 0) is 42.5 Å². The van der Waals surface area contributed by atoms with Crippen LogP contribution in [0.25, 0.3) is 0 Å². The first-order chi connectivity index (χ1) is 11.1. The van der Waals surface area contributed by atoms with Gasteiger partial charge >= 0.3 is 0 Å². The Labute approximate surface area is 145 Å². The van der Waals surface area contributed by atoms with Crippen LogP contribution in [0.2, 0.25) is 0 Å². The number of carbonyl (C=O) groups is 1. The summed E-state index contributed by atoms with van der Waals surface area (Å²) in [7, 11) is 1.97. The molecule has 1 aliphatic carbocycles. The van der Waals surface area contributed by atoms with Crippen LogP contribution in [-0.2, 0) is 16.6 Å². The maximum Gasteiger partial charge on any atom is 0.222 e. The van der Waals surface area contributed by atoms with Crippen LogP contribution in [0.4, 0.5) is 0 Å². The average Bonchev–Trinajstić information content (AvgIpc) is 3.04. The van der Waals surface area contributed by atoms with Gasteiger partial charge in [-0.2, -0.15) is 0 Å². The number of piperidine rings is 1. The molecule has 1 fully saturated rings. The molecular formula is C18H20N2OS2. The lowest BCUT2D eigenvalue weighted by Crippen LogP contribution is -2.56. The standard InChI is InChI=1S/C18H20N2OS2/c1-18-8-7-16(21)20(2)15(18)6-3-12-11-13(4-5-14(12)18)23-17-19-9-10-22-17/h4-5,9-11,15H,3,6-8H2,1-2H3/t15-,18-/m1/s1. The number of hydrogen-bond donors (Lipinski definition) is 0. The number of nitrogens with zero attached hydrogens (tertiary/aromatic N) is 2. The molecule has 1 amide bonds. The molecule has 2 heterocycles. The molecule has 2 aromatic rings. The van der Waals surface area contributed by atoms with Gasteiger partial charge in [0, 0.05) is 41.4 Å². The normalized spacial score (nSPS) is 26.8. The molecule has 4 rings (SSSR count). The SMILES string of the molecule is CN1C(=O)CC[C@]2(C)c3ccc(Sc4nccs4)cc3CC[C@@H]12. The molecule has 2 atom stereocenters. The maximum absolute atomic E-state index is 12.1. The topological polar surface area (TPSA) is 33.2 Å². The first kappa shape index (κ1) is 15.2. The number of thiazole rings is 1. The van der Waals surface area contributed by atoms with E-state index >= 15 is 0 Å². The summed E-state index contributed by atoms with van der Waals surface area (Å²) in [5.41, 5.74) is 2.99. The van der Waals surface area contributed by atoms with Crippen LogP contribution in [0.5, 0.6) is 0 Å². The van der Waals surface area contributed by atoms with E-state index in [1.165, 1.54) is 16.0 Å². The highest BCUT2D eigenvalue weighted by Gasteiger charge is 2.46. The quantitative estimate of drug-likeness (QED) is 0.822. The van der Waals surface area contributed by atoms with Crippen molar-refractivity contribution in [2.75, 3.05) is 7.05 Å². The monoisotopic (exact) mass is 344 g/mol. The van der Waals surface area contributed by atoms with Gasteiger partial charge in [-0.1, -0.05) is 24.8 Å². The number of fused-ring (bicyclic) bond motifs is 3. The molecule has 1 aromatic heterocycles. The Morgan fingerprint density at radius 2 is 2.26 bits per heavy atom. The van der Waals surface area contributed by atoms with Crippen molar-refractivity contribution in [3.8, 4) is 0 Å². The molecule has 0 bridgehead atoms. The Morgan fingerprint density at radius 3 is 3.04 bits per heavy atom. The Bertz CT molecular complexity index is 743. The van der Waals surface area contributed by atoms with E-state index in [2.05, 4.69) is 30.1 Å². The fraction of sp³-hybridized carbons (Fsp3) is 0.444. The Kier molecular flexibility index (Phi) is 3.73. The summed E-state index contributed by atoms with van der Waals surface area (Å²) < 4.78 is 1.09. The molecule has 23 heavy (non-hydrogen) atoms. The van der Waals surface area contributed by atoms with Gasteiger partial charge in [0.15, 0.2) is 4.34 Å². The van der Waals surface area contributed by atoms with Gasteiger partial charge in [0.2, 0.25) is 5.91 Å². The van der Waals surface area contributed by atoms with Gasteiger partial charge in [0.25, 0.3) is 0 Å². The third-order valence-electron chi connectivity index (χ3n) is 5.45. The molecule has 120 valence electrons. The zero-order chi connectivity index (χ0) is 16.0. The first-order valence-electron chi connectivity index (χ1n) is 8.04. The second kappa shape index (κ2) is 5.64. The van der Waals surface area contributed by atoms with E-state index in [9.17, 15) is 4.79 Å². The summed E-state index contributed by atoms with van der Waals surface area (Å²) in [6.45, 7) is 2.34. The Morgan fingerprint density at radius 1 is 1.39 bits per heavy atom. The van der Waals surface area contributed by atoms with Crippen molar-refractivity contribution in [2.24, 2.45) is 0 Å². The third kappa shape index (κ3) is 2.50. The number of hydrogen-bond acceptors (Lipinski definition) is 4. The Hall–Kier alpha value is -1.33. The van der Waals surface area contributed by atoms with Crippen LogP contribution in [0, 0.1) is 0 Å². The lowest BCUT2D eigenvalue weighted by Gasteiger charge is -2.50. The summed E-state index contributed by atoms with van der Waals surface area (Å²) in [6.07, 6.45) is 5.61. The number of likely N-dealkylation sites (N-methyl/N-ethyl adjacent to an activating group) is 1. The van der Waals surface area contributed by atoms with Gasteiger partial charge in [-0.15, -0.1) is 11.3 Å². The molecule has 1 aromatic carbocycles. The number of likely N-dealkylation sites (tertiary alicyclic amines) is 1. The van der Waals surface area contributed by atoms with E-state index in [-0.39, 0.29) is 5.41 Å². The summed E-state index contributed by atoms with van der Waals surface area (Å²) in [5, 5.41) is 2.02. The van der Waals surface area contributed by atoms with Crippen LogP contribution in [0.3, 0.4) is 0 Å². The fourth-order valence-corrected chi connectivity index (χ4v) is 5.85. The maximum atomic E-state index is 12.1. The molecule has 0 saturated carbocycles. The molecule has 0 spiro atoms. The van der Waals surface area contributed by atoms with Crippen LogP contribution >= 0.6 is 23.1 Å². The molecule has 3 nitrogen and oxygen atoms in total. The summed E-state index contributed by atoms with van der Waals surface area (Å²) in [4.78, 5) is 19.7. The minimum Gasteiger partial charge on any atom is -0.342 e. The minimum absolute atomic E-state index is 0.0978. The molecule has 0 radical (unpaired) electrons. The van der Waals surface area contributed by atoms with Gasteiger partial charge in [0.1, 0.15) is 0 Å². The van der Waals surface area contributed by atoms with E-state index in [1.807, 2.05) is 23.5 Å². The highest BCUT2D eigenvalue weighted by Crippen LogP contribution is 2.46. The number of carbonyl (C=O) groups excluding carboxylic acids is 1. The van der Waals surface area contributed by atoms with Crippen molar-refractivity contribution in [3.05, 3.63) is 40.9 Å². The smallest absolute Gasteiger partial charge is 0.222 e.